The Bertz CT molecular complexity index is 737. The topological polar surface area (TPSA) is 85.2 Å². The molecule has 6 nitrogen and oxygen atoms in total. The van der Waals surface area contributed by atoms with E-state index in [0.29, 0.717) is 17.1 Å². The van der Waals surface area contributed by atoms with E-state index in [1.54, 1.807) is 31.4 Å². The molecule has 0 aliphatic carbocycles. The van der Waals surface area contributed by atoms with Crippen molar-refractivity contribution in [2.75, 3.05) is 14.2 Å². The van der Waals surface area contributed by atoms with Crippen LogP contribution < -0.4 is 14.2 Å². The lowest BCUT2D eigenvalue weighted by molar-refractivity contribution is 0.0210. The molecule has 120 valence electrons. The fraction of sp³-hybridized carbons (Fsp3) is 0.235. The van der Waals surface area contributed by atoms with E-state index in [1.807, 2.05) is 0 Å². The maximum atomic E-state index is 12.4. The monoisotopic (exact) mass is 316 g/mol. The highest BCUT2D eigenvalue weighted by molar-refractivity contribution is 6.05. The largest absolute Gasteiger partial charge is 0.507 e. The smallest absolute Gasteiger partial charge is 0.202 e. The number of aliphatic hydroxyl groups excluding tert-OH is 1. The van der Waals surface area contributed by atoms with Crippen molar-refractivity contribution < 1.29 is 29.2 Å². The molecule has 0 radical (unpaired) electrons. The highest BCUT2D eigenvalue weighted by Gasteiger charge is 2.39. The lowest BCUT2D eigenvalue weighted by atomic mass is 9.93. The molecule has 23 heavy (non-hydrogen) atoms. The Labute approximate surface area is 132 Å². The van der Waals surface area contributed by atoms with Gasteiger partial charge in [-0.1, -0.05) is 12.1 Å². The number of ketones is 1. The van der Waals surface area contributed by atoms with E-state index in [4.69, 9.17) is 14.2 Å². The molecule has 2 unspecified atom stereocenters. The molecule has 3 rings (SSSR count). The van der Waals surface area contributed by atoms with Crippen LogP contribution in [0.5, 0.6) is 23.0 Å². The summed E-state index contributed by atoms with van der Waals surface area (Å²) in [6.07, 6.45) is -2.28. The zero-order valence-electron chi connectivity index (χ0n) is 12.6. The van der Waals surface area contributed by atoms with Gasteiger partial charge in [-0.2, -0.15) is 0 Å². The van der Waals surface area contributed by atoms with Gasteiger partial charge in [-0.25, -0.2) is 0 Å². The summed E-state index contributed by atoms with van der Waals surface area (Å²) < 4.78 is 15.9. The predicted octanol–water partition coefficient (Wildman–Crippen LogP) is 2.09. The average molecular weight is 316 g/mol. The maximum absolute atomic E-state index is 12.4. The van der Waals surface area contributed by atoms with Crippen LogP contribution in [-0.2, 0) is 0 Å². The molecule has 6 heteroatoms. The molecule has 2 aromatic rings. The first kappa shape index (κ1) is 15.2. The highest BCUT2D eigenvalue weighted by atomic mass is 16.5. The number of benzene rings is 2. The van der Waals surface area contributed by atoms with Crippen LogP contribution in [-0.4, -0.2) is 36.3 Å². The fourth-order valence-corrected chi connectivity index (χ4v) is 2.57. The number of aromatic hydroxyl groups is 1. The van der Waals surface area contributed by atoms with E-state index in [0.717, 1.165) is 0 Å². The van der Waals surface area contributed by atoms with Crippen LogP contribution in [0.3, 0.4) is 0 Å². The number of methoxy groups -OCH3 is 2. The van der Waals surface area contributed by atoms with Gasteiger partial charge in [-0.15, -0.1) is 0 Å². The lowest BCUT2D eigenvalue weighted by Gasteiger charge is -2.30. The summed E-state index contributed by atoms with van der Waals surface area (Å²) in [6.45, 7) is 0. The van der Waals surface area contributed by atoms with E-state index in [2.05, 4.69) is 0 Å². The van der Waals surface area contributed by atoms with Gasteiger partial charge in [0.1, 0.15) is 28.6 Å². The summed E-state index contributed by atoms with van der Waals surface area (Å²) in [7, 11) is 3.00. The van der Waals surface area contributed by atoms with E-state index in [1.165, 1.54) is 19.2 Å². The molecule has 0 spiro atoms. The Kier molecular flexibility index (Phi) is 3.83. The standard InChI is InChI=1S/C17H16O6/c1-21-10-5-3-9(4-6-10)17-16(20)15(19)14-12(18)7-11(22-2)8-13(14)23-17/h3-8,16-18,20H,1-2H3. The summed E-state index contributed by atoms with van der Waals surface area (Å²) >= 11 is 0. The SMILES string of the molecule is COc1ccc(C2Oc3cc(OC)cc(O)c3C(=O)C2O)cc1. The molecule has 2 atom stereocenters. The van der Waals surface area contributed by atoms with Crippen molar-refractivity contribution in [3.8, 4) is 23.0 Å². The first-order valence-electron chi connectivity index (χ1n) is 6.99. The van der Waals surface area contributed by atoms with E-state index >= 15 is 0 Å². The average Bonchev–Trinajstić information content (AvgIpc) is 2.57. The Morgan fingerprint density at radius 2 is 1.70 bits per heavy atom. The van der Waals surface area contributed by atoms with Crippen LogP contribution in [0.1, 0.15) is 22.0 Å². The molecular formula is C17H16O6. The predicted molar refractivity (Wildman–Crippen MR) is 81.4 cm³/mol. The quantitative estimate of drug-likeness (QED) is 0.902. The molecule has 0 amide bonds. The van der Waals surface area contributed by atoms with Gasteiger partial charge in [0.15, 0.2) is 12.2 Å². The van der Waals surface area contributed by atoms with Gasteiger partial charge in [-0.3, -0.25) is 4.79 Å². The van der Waals surface area contributed by atoms with Gasteiger partial charge in [0, 0.05) is 12.1 Å². The Hall–Kier alpha value is -2.73. The van der Waals surface area contributed by atoms with Gasteiger partial charge in [-0.05, 0) is 17.7 Å². The number of carbonyl (C=O) groups is 1. The molecule has 1 heterocycles. The van der Waals surface area contributed by atoms with Crippen LogP contribution in [0, 0.1) is 0 Å². The molecule has 1 aliphatic rings. The second-order valence-electron chi connectivity index (χ2n) is 5.14. The number of aliphatic hydroxyl groups is 1. The molecule has 0 saturated heterocycles. The molecule has 1 aliphatic heterocycles. The van der Waals surface area contributed by atoms with Gasteiger partial charge in [0.05, 0.1) is 14.2 Å². The number of hydrogen-bond acceptors (Lipinski definition) is 6. The van der Waals surface area contributed by atoms with Gasteiger partial charge in [0.25, 0.3) is 0 Å². The number of Topliss-reactive ketones (excluding diaryl/α,β-unsaturated/α-hetero) is 1. The number of phenols is 1. The minimum Gasteiger partial charge on any atom is -0.507 e. The Morgan fingerprint density at radius 3 is 2.30 bits per heavy atom. The molecule has 2 N–H and O–H groups in total. The number of fused-ring (bicyclic) bond motifs is 1. The molecule has 0 bridgehead atoms. The third-order valence-electron chi connectivity index (χ3n) is 3.79. The third kappa shape index (κ3) is 2.57. The Balaban J connectivity index is 2.02. The number of hydrogen-bond donors (Lipinski definition) is 2. The number of carbonyl (C=O) groups excluding carboxylic acids is 1. The minimum absolute atomic E-state index is 0.0388. The van der Waals surface area contributed by atoms with Crippen molar-refractivity contribution in [1.82, 2.24) is 0 Å². The van der Waals surface area contributed by atoms with Crippen molar-refractivity contribution in [2.45, 2.75) is 12.2 Å². The number of ether oxygens (including phenoxy) is 3. The highest BCUT2D eigenvalue weighted by Crippen LogP contribution is 2.42. The third-order valence-corrected chi connectivity index (χ3v) is 3.79. The molecular weight excluding hydrogens is 300 g/mol. The first-order chi connectivity index (χ1) is 11.0. The van der Waals surface area contributed by atoms with Crippen LogP contribution in [0.2, 0.25) is 0 Å². The van der Waals surface area contributed by atoms with Crippen LogP contribution in [0.15, 0.2) is 36.4 Å². The second-order valence-corrected chi connectivity index (χ2v) is 5.14. The summed E-state index contributed by atoms with van der Waals surface area (Å²) in [5.74, 6) is 0.325. The molecule has 0 fully saturated rings. The second kappa shape index (κ2) is 5.81. The summed E-state index contributed by atoms with van der Waals surface area (Å²) in [5, 5.41) is 20.2. The van der Waals surface area contributed by atoms with Gasteiger partial charge >= 0.3 is 0 Å². The van der Waals surface area contributed by atoms with E-state index < -0.39 is 18.0 Å². The lowest BCUT2D eigenvalue weighted by Crippen LogP contribution is -2.36. The first-order valence-corrected chi connectivity index (χ1v) is 6.99. The Morgan fingerprint density at radius 1 is 1.04 bits per heavy atom. The van der Waals surface area contributed by atoms with Crippen LogP contribution in [0.4, 0.5) is 0 Å². The van der Waals surface area contributed by atoms with Crippen molar-refractivity contribution in [2.24, 2.45) is 0 Å². The van der Waals surface area contributed by atoms with E-state index in [-0.39, 0.29) is 17.1 Å². The number of phenolic OH excluding ortho intramolecular Hbond substituents is 1. The number of rotatable bonds is 3. The normalized spacial score (nSPS) is 19.7. The molecule has 2 aromatic carbocycles. The van der Waals surface area contributed by atoms with Crippen LogP contribution >= 0.6 is 0 Å². The van der Waals surface area contributed by atoms with Gasteiger partial charge in [0.2, 0.25) is 5.78 Å². The van der Waals surface area contributed by atoms with Gasteiger partial charge < -0.3 is 24.4 Å². The summed E-state index contributed by atoms with van der Waals surface area (Å²) in [6, 6.07) is 9.68. The van der Waals surface area contributed by atoms with Crippen molar-refractivity contribution >= 4 is 5.78 Å². The van der Waals surface area contributed by atoms with E-state index in [9.17, 15) is 15.0 Å². The molecule has 0 aromatic heterocycles. The molecule has 0 saturated carbocycles. The van der Waals surface area contributed by atoms with Crippen molar-refractivity contribution in [3.05, 3.63) is 47.5 Å². The van der Waals surface area contributed by atoms with Crippen molar-refractivity contribution in [3.63, 3.8) is 0 Å². The minimum atomic E-state index is -1.41. The fourth-order valence-electron chi connectivity index (χ4n) is 2.57. The summed E-state index contributed by atoms with van der Waals surface area (Å²) in [4.78, 5) is 12.4. The summed E-state index contributed by atoms with van der Waals surface area (Å²) in [5.41, 5.74) is 0.586. The zero-order chi connectivity index (χ0) is 16.6. The zero-order valence-corrected chi connectivity index (χ0v) is 12.6. The van der Waals surface area contributed by atoms with Crippen LogP contribution in [0.25, 0.3) is 0 Å². The van der Waals surface area contributed by atoms with Crippen molar-refractivity contribution in [1.29, 1.82) is 0 Å². The maximum Gasteiger partial charge on any atom is 0.202 e.